The topological polar surface area (TPSA) is 74.2 Å². The van der Waals surface area contributed by atoms with Crippen molar-refractivity contribution >= 4 is 24.7 Å². The van der Waals surface area contributed by atoms with Crippen LogP contribution in [0.1, 0.15) is 47.5 Å². The monoisotopic (exact) mass is 424 g/mol. The molecule has 0 spiro atoms. The summed E-state index contributed by atoms with van der Waals surface area (Å²) in [6, 6.07) is 0. The highest BCUT2D eigenvalue weighted by Gasteiger charge is 2.40. The van der Waals surface area contributed by atoms with E-state index >= 15 is 0 Å². The number of ether oxygens (including phenoxy) is 2. The van der Waals surface area contributed by atoms with Gasteiger partial charge in [-0.2, -0.15) is 0 Å². The molecule has 2 saturated heterocycles. The number of carbonyl (C=O) groups excluding carboxylic acids is 1. The molecule has 0 bridgehead atoms. The molecule has 2 unspecified atom stereocenters. The summed E-state index contributed by atoms with van der Waals surface area (Å²) in [6.07, 6.45) is 2.14. The van der Waals surface area contributed by atoms with Gasteiger partial charge in [0.1, 0.15) is 5.78 Å². The molecule has 2 fully saturated rings. The predicted molar refractivity (Wildman–Crippen MR) is 112 cm³/mol. The van der Waals surface area contributed by atoms with E-state index in [2.05, 4.69) is 46.6 Å². The van der Waals surface area contributed by atoms with Gasteiger partial charge in [-0.25, -0.2) is 0 Å². The van der Waals surface area contributed by atoms with Gasteiger partial charge < -0.3 is 28.4 Å². The SMILES string of the molecule is CC(=O)C[C@@H]1[C@H](C)[C@H](C)O[C@@H]1COP.C[C@H]1[C@@H](CCO)[C@H](COP)O[C@H]1C. The molecule has 2 aliphatic heterocycles. The van der Waals surface area contributed by atoms with Gasteiger partial charge in [0.15, 0.2) is 0 Å². The molecule has 0 radical (unpaired) electrons. The molecule has 1 N–H and O–H groups in total. The molecule has 2 heterocycles. The van der Waals surface area contributed by atoms with Crippen LogP contribution in [0.3, 0.4) is 0 Å². The van der Waals surface area contributed by atoms with Crippen LogP contribution in [0.5, 0.6) is 0 Å². The molecule has 0 aromatic rings. The van der Waals surface area contributed by atoms with Crippen molar-refractivity contribution in [2.45, 2.75) is 71.9 Å². The van der Waals surface area contributed by atoms with Crippen LogP contribution in [0.15, 0.2) is 0 Å². The summed E-state index contributed by atoms with van der Waals surface area (Å²) in [5.74, 6) is 1.92. The third kappa shape index (κ3) is 7.59. The third-order valence-electron chi connectivity index (χ3n) is 6.07. The lowest BCUT2D eigenvalue weighted by Crippen LogP contribution is -2.25. The Hall–Kier alpha value is 0.330. The van der Waals surface area contributed by atoms with Gasteiger partial charge in [-0.3, -0.25) is 0 Å². The molecule has 27 heavy (non-hydrogen) atoms. The fourth-order valence-electron chi connectivity index (χ4n) is 4.14. The van der Waals surface area contributed by atoms with Gasteiger partial charge in [-0.15, -0.1) is 0 Å². The Morgan fingerprint density at radius 2 is 1.37 bits per heavy atom. The first-order chi connectivity index (χ1) is 12.8. The van der Waals surface area contributed by atoms with Crippen molar-refractivity contribution in [1.82, 2.24) is 0 Å². The van der Waals surface area contributed by atoms with Crippen LogP contribution < -0.4 is 0 Å². The van der Waals surface area contributed by atoms with Gasteiger partial charge >= 0.3 is 0 Å². The molecular formula is C19H38O6P2. The number of carbonyl (C=O) groups is 1. The first-order valence-corrected chi connectivity index (χ1v) is 10.8. The second-order valence-electron chi connectivity index (χ2n) is 7.89. The van der Waals surface area contributed by atoms with Crippen molar-refractivity contribution in [2.75, 3.05) is 19.8 Å². The number of aliphatic hydroxyl groups is 1. The van der Waals surface area contributed by atoms with Crippen molar-refractivity contribution in [1.29, 1.82) is 0 Å². The van der Waals surface area contributed by atoms with Crippen LogP contribution in [0.25, 0.3) is 0 Å². The van der Waals surface area contributed by atoms with Gasteiger partial charge in [0.25, 0.3) is 0 Å². The Bertz CT molecular complexity index is 438. The molecule has 2 aliphatic rings. The fraction of sp³-hybridized carbons (Fsp3) is 0.947. The molecule has 0 amide bonds. The molecule has 10 atom stereocenters. The summed E-state index contributed by atoms with van der Waals surface area (Å²) in [5, 5.41) is 8.92. The number of aliphatic hydroxyl groups excluding tert-OH is 1. The normalized spacial score (nSPS) is 38.5. The largest absolute Gasteiger partial charge is 0.396 e. The minimum absolute atomic E-state index is 0.0707. The summed E-state index contributed by atoms with van der Waals surface area (Å²) in [6.45, 7) is 11.5. The Kier molecular flexibility index (Phi) is 12.0. The zero-order valence-electron chi connectivity index (χ0n) is 17.3. The van der Waals surface area contributed by atoms with Gasteiger partial charge in [0, 0.05) is 32.0 Å². The van der Waals surface area contributed by atoms with Gasteiger partial charge in [0.05, 0.1) is 37.6 Å². The lowest BCUT2D eigenvalue weighted by atomic mass is 9.85. The van der Waals surface area contributed by atoms with Crippen molar-refractivity contribution in [3.8, 4) is 0 Å². The number of hydrogen-bond acceptors (Lipinski definition) is 6. The number of ketones is 1. The summed E-state index contributed by atoms with van der Waals surface area (Å²) in [5.41, 5.74) is 0. The van der Waals surface area contributed by atoms with E-state index in [0.29, 0.717) is 43.3 Å². The van der Waals surface area contributed by atoms with Gasteiger partial charge in [-0.1, -0.05) is 13.8 Å². The molecule has 0 aromatic carbocycles. The van der Waals surface area contributed by atoms with Crippen molar-refractivity contribution in [3.05, 3.63) is 0 Å². The van der Waals surface area contributed by atoms with E-state index in [-0.39, 0.29) is 36.8 Å². The highest BCUT2D eigenvalue weighted by molar-refractivity contribution is 7.10. The molecule has 0 aromatic heterocycles. The van der Waals surface area contributed by atoms with E-state index in [1.807, 2.05) is 0 Å². The van der Waals surface area contributed by atoms with E-state index in [9.17, 15) is 4.79 Å². The average molecular weight is 424 g/mol. The van der Waals surface area contributed by atoms with Crippen LogP contribution in [-0.4, -0.2) is 55.1 Å². The summed E-state index contributed by atoms with van der Waals surface area (Å²) < 4.78 is 21.5. The van der Waals surface area contributed by atoms with Crippen LogP contribution >= 0.6 is 18.9 Å². The maximum atomic E-state index is 11.1. The molecular weight excluding hydrogens is 386 g/mol. The van der Waals surface area contributed by atoms with E-state index in [0.717, 1.165) is 6.42 Å². The fourth-order valence-corrected chi connectivity index (χ4v) is 4.52. The molecule has 0 aliphatic carbocycles. The van der Waals surface area contributed by atoms with Crippen LogP contribution in [0.2, 0.25) is 0 Å². The Morgan fingerprint density at radius 3 is 1.78 bits per heavy atom. The lowest BCUT2D eigenvalue weighted by Gasteiger charge is -2.18. The Labute approximate surface area is 169 Å². The van der Waals surface area contributed by atoms with E-state index < -0.39 is 0 Å². The van der Waals surface area contributed by atoms with E-state index in [4.69, 9.17) is 23.6 Å². The lowest BCUT2D eigenvalue weighted by molar-refractivity contribution is -0.118. The molecule has 0 saturated carbocycles. The van der Waals surface area contributed by atoms with Crippen molar-refractivity contribution in [2.24, 2.45) is 23.7 Å². The minimum Gasteiger partial charge on any atom is -0.396 e. The standard InChI is InChI=1S/C10H19O3P.C9H19O3P/c1-6(11)4-9-7(2)8(3)13-10(9)5-12-14;1-6-7(2)12-9(5-11-13)8(6)3-4-10/h7-10H,4-5,14H2,1-3H3;6-10H,3-5,13H2,1-2H3/t7-,8+,9-,10-;6-,7+,8-,9+/m11/s1. The highest BCUT2D eigenvalue weighted by atomic mass is 31.0. The number of hydrogen-bond donors (Lipinski definition) is 1. The second-order valence-corrected chi connectivity index (χ2v) is 8.56. The summed E-state index contributed by atoms with van der Waals surface area (Å²) in [4.78, 5) is 11.1. The van der Waals surface area contributed by atoms with Gasteiger partial charge in [0.2, 0.25) is 0 Å². The highest BCUT2D eigenvalue weighted by Crippen LogP contribution is 2.35. The summed E-state index contributed by atoms with van der Waals surface area (Å²) >= 11 is 0. The first-order valence-electron chi connectivity index (χ1n) is 9.81. The van der Waals surface area contributed by atoms with Crippen molar-refractivity contribution < 1.29 is 28.4 Å². The first kappa shape index (κ1) is 25.4. The number of Topliss-reactive ketones (excluding diaryl/α,β-unsaturated/α-hetero) is 1. The number of rotatable bonds is 8. The second kappa shape index (κ2) is 12.8. The molecule has 6 nitrogen and oxygen atoms in total. The third-order valence-corrected chi connectivity index (χ3v) is 6.46. The van der Waals surface area contributed by atoms with Gasteiger partial charge in [-0.05, 0) is 50.9 Å². The minimum atomic E-state index is 0.0707. The maximum Gasteiger partial charge on any atom is 0.130 e. The average Bonchev–Trinajstić information content (AvgIpc) is 3.01. The summed E-state index contributed by atoms with van der Waals surface area (Å²) in [7, 11) is 4.47. The quantitative estimate of drug-likeness (QED) is 0.604. The Balaban J connectivity index is 0.000000271. The van der Waals surface area contributed by atoms with Crippen molar-refractivity contribution in [3.63, 3.8) is 0 Å². The molecule has 160 valence electrons. The Morgan fingerprint density at radius 1 is 0.926 bits per heavy atom. The zero-order valence-corrected chi connectivity index (χ0v) is 19.6. The molecule has 2 rings (SSSR count). The van der Waals surface area contributed by atoms with Crippen LogP contribution in [0, 0.1) is 23.7 Å². The predicted octanol–water partition coefficient (Wildman–Crippen LogP) is 3.03. The van der Waals surface area contributed by atoms with Crippen LogP contribution in [0.4, 0.5) is 0 Å². The smallest absolute Gasteiger partial charge is 0.130 e. The van der Waals surface area contributed by atoms with E-state index in [1.54, 1.807) is 6.92 Å². The zero-order chi connectivity index (χ0) is 20.6. The maximum absolute atomic E-state index is 11.1. The molecule has 8 heteroatoms. The van der Waals surface area contributed by atoms with E-state index in [1.165, 1.54) is 0 Å². The van der Waals surface area contributed by atoms with Crippen LogP contribution in [-0.2, 0) is 23.3 Å².